The Kier molecular flexibility index (Phi) is 6.10. The van der Waals surface area contributed by atoms with E-state index in [0.717, 1.165) is 40.3 Å². The van der Waals surface area contributed by atoms with Crippen molar-refractivity contribution in [1.82, 2.24) is 4.90 Å². The second-order valence-electron chi connectivity index (χ2n) is 8.27. The maximum atomic E-state index is 13.7. The monoisotopic (exact) mass is 514 g/mol. The van der Waals surface area contributed by atoms with Crippen LogP contribution < -0.4 is 4.90 Å². The highest BCUT2D eigenvalue weighted by Gasteiger charge is 2.47. The first-order valence-corrected chi connectivity index (χ1v) is 12.4. The van der Waals surface area contributed by atoms with Gasteiger partial charge in [-0.25, -0.2) is 13.2 Å². The number of nitriles is 2. The number of ketones is 1. The quantitative estimate of drug-likeness (QED) is 0.566. The number of nitrogens with zero attached hydrogens (tertiary/aromatic N) is 4. The molecule has 0 bridgehead atoms. The molecule has 2 aromatic carbocycles. The minimum atomic E-state index is -4.68. The second kappa shape index (κ2) is 8.81. The van der Waals surface area contributed by atoms with Gasteiger partial charge in [0.05, 0.1) is 39.9 Å². The Morgan fingerprint density at radius 3 is 2.42 bits per heavy atom. The number of hydrogen-bond donors (Lipinski definition) is 0. The van der Waals surface area contributed by atoms with Crippen LogP contribution in [0.15, 0.2) is 58.6 Å². The highest BCUT2D eigenvalue weighted by molar-refractivity contribution is 7.90. The minimum absolute atomic E-state index is 0.0199. The number of urea groups is 1. The van der Waals surface area contributed by atoms with E-state index in [0.29, 0.717) is 0 Å². The molecule has 8 nitrogen and oxygen atoms in total. The zero-order chi connectivity index (χ0) is 26.4. The van der Waals surface area contributed by atoms with E-state index in [1.54, 1.807) is 0 Å². The Labute approximate surface area is 204 Å². The molecular weight excluding hydrogens is 497 g/mol. The Balaban J connectivity index is 2.00. The van der Waals surface area contributed by atoms with Crippen LogP contribution in [-0.4, -0.2) is 37.9 Å². The molecule has 0 N–H and O–H groups in total. The van der Waals surface area contributed by atoms with Crippen molar-refractivity contribution in [2.75, 3.05) is 17.7 Å². The fraction of sp³-hybridized carbons (Fsp3) is 0.250. The van der Waals surface area contributed by atoms with Crippen molar-refractivity contribution in [1.29, 1.82) is 10.5 Å². The van der Waals surface area contributed by atoms with E-state index in [1.165, 1.54) is 18.2 Å². The molecule has 12 heteroatoms. The minimum Gasteiger partial charge on any atom is -0.299 e. The number of rotatable bonds is 4. The van der Waals surface area contributed by atoms with E-state index >= 15 is 0 Å². The van der Waals surface area contributed by atoms with E-state index in [-0.39, 0.29) is 45.8 Å². The van der Waals surface area contributed by atoms with Gasteiger partial charge in [0.1, 0.15) is 6.54 Å². The van der Waals surface area contributed by atoms with Crippen molar-refractivity contribution in [3.8, 4) is 12.1 Å². The average Bonchev–Trinajstić information content (AvgIpc) is 3.19. The summed E-state index contributed by atoms with van der Waals surface area (Å²) < 4.78 is 65.3. The van der Waals surface area contributed by atoms with Crippen molar-refractivity contribution >= 4 is 27.3 Å². The normalized spacial score (nSPS) is 18.2. The van der Waals surface area contributed by atoms with Crippen LogP contribution in [0.3, 0.4) is 0 Å². The predicted octanol–water partition coefficient (Wildman–Crippen LogP) is 4.10. The maximum Gasteiger partial charge on any atom is 0.416 e. The molecule has 0 spiro atoms. The Bertz CT molecular complexity index is 1520. The first-order chi connectivity index (χ1) is 16.9. The van der Waals surface area contributed by atoms with Crippen molar-refractivity contribution < 1.29 is 31.2 Å². The van der Waals surface area contributed by atoms with E-state index in [2.05, 4.69) is 0 Å². The highest BCUT2D eigenvalue weighted by Crippen LogP contribution is 2.46. The average molecular weight is 514 g/mol. The zero-order valence-electron chi connectivity index (χ0n) is 18.7. The number of hydrogen-bond acceptors (Lipinski definition) is 6. The largest absolute Gasteiger partial charge is 0.416 e. The van der Waals surface area contributed by atoms with Gasteiger partial charge in [-0.2, -0.15) is 23.7 Å². The highest BCUT2D eigenvalue weighted by atomic mass is 32.2. The van der Waals surface area contributed by atoms with Gasteiger partial charge in [-0.1, -0.05) is 12.1 Å². The Morgan fingerprint density at radius 2 is 1.81 bits per heavy atom. The SMILES string of the molecule is CS(=O)(=O)c1cc(C#N)ccc1[C@@H]1C2=C(CCC2=O)N(c2cccc(C(F)(F)F)c2)C(=O)N1CC#N. The van der Waals surface area contributed by atoms with E-state index in [9.17, 15) is 41.7 Å². The number of anilines is 1. The molecule has 1 heterocycles. The summed E-state index contributed by atoms with van der Waals surface area (Å²) in [5.74, 6) is -0.425. The summed E-state index contributed by atoms with van der Waals surface area (Å²) in [7, 11) is -3.95. The first-order valence-electron chi connectivity index (χ1n) is 10.5. The van der Waals surface area contributed by atoms with Gasteiger partial charge < -0.3 is 0 Å². The van der Waals surface area contributed by atoms with Gasteiger partial charge in [0.15, 0.2) is 15.6 Å². The summed E-state index contributed by atoms with van der Waals surface area (Å²) in [6, 6.07) is 9.31. The molecule has 0 fully saturated rings. The summed E-state index contributed by atoms with van der Waals surface area (Å²) >= 11 is 0. The standard InChI is InChI=1S/C24H17F3N4O4S/c1-36(34,35)20-11-14(13-29)5-6-17(20)22-21-18(7-8-19(21)32)31(23(33)30(22)10-9-28)16-4-2-3-15(12-16)24(25,26)27/h2-6,11-12,22H,7-8,10H2,1H3/t22-/m1/s1. The number of allylic oxidation sites excluding steroid dienone is 1. The molecule has 0 unspecified atom stereocenters. The van der Waals surface area contributed by atoms with E-state index < -0.39 is 46.0 Å². The van der Waals surface area contributed by atoms with E-state index in [1.807, 2.05) is 12.1 Å². The summed E-state index contributed by atoms with van der Waals surface area (Å²) in [6.07, 6.45) is -3.78. The van der Waals surface area contributed by atoms with Crippen molar-refractivity contribution in [2.24, 2.45) is 0 Å². The molecule has 4 rings (SSSR count). The number of amides is 2. The van der Waals surface area contributed by atoms with Crippen molar-refractivity contribution in [3.63, 3.8) is 0 Å². The van der Waals surface area contributed by atoms with Crippen LogP contribution in [0, 0.1) is 22.7 Å². The summed E-state index contributed by atoms with van der Waals surface area (Å²) in [5.41, 5.74) is -0.914. The first kappa shape index (κ1) is 24.9. The van der Waals surface area contributed by atoms with Crippen LogP contribution in [-0.2, 0) is 20.8 Å². The van der Waals surface area contributed by atoms with Crippen LogP contribution >= 0.6 is 0 Å². The maximum absolute atomic E-state index is 13.7. The fourth-order valence-electron chi connectivity index (χ4n) is 4.51. The van der Waals surface area contributed by atoms with Crippen LogP contribution in [0.2, 0.25) is 0 Å². The third kappa shape index (κ3) is 4.20. The Hall–Kier alpha value is -4.16. The van der Waals surface area contributed by atoms with Gasteiger partial charge in [-0.05, 0) is 42.3 Å². The molecular formula is C24H17F3N4O4S. The number of carbonyl (C=O) groups excluding carboxylic acids is 2. The lowest BCUT2D eigenvalue weighted by Crippen LogP contribution is -2.50. The third-order valence-corrected chi connectivity index (χ3v) is 7.15. The van der Waals surface area contributed by atoms with Gasteiger partial charge in [0, 0.05) is 23.9 Å². The molecule has 0 saturated heterocycles. The van der Waals surface area contributed by atoms with Crippen molar-refractivity contribution in [2.45, 2.75) is 30.0 Å². The number of sulfone groups is 1. The molecule has 2 amide bonds. The summed E-state index contributed by atoms with van der Waals surface area (Å²) in [6.45, 7) is -0.577. The molecule has 1 aliphatic heterocycles. The number of Topliss-reactive ketones (excluding diaryl/α,β-unsaturated/α-hetero) is 1. The van der Waals surface area contributed by atoms with E-state index in [4.69, 9.17) is 0 Å². The van der Waals surface area contributed by atoms with Crippen LogP contribution in [0.4, 0.5) is 23.7 Å². The van der Waals surface area contributed by atoms with Crippen LogP contribution in [0.1, 0.15) is 35.6 Å². The molecule has 184 valence electrons. The van der Waals surface area contributed by atoms with Gasteiger partial charge in [0.2, 0.25) is 0 Å². The van der Waals surface area contributed by atoms with Crippen LogP contribution in [0.5, 0.6) is 0 Å². The number of halogens is 3. The molecule has 0 radical (unpaired) electrons. The smallest absolute Gasteiger partial charge is 0.299 e. The topological polar surface area (TPSA) is 122 Å². The van der Waals surface area contributed by atoms with Crippen molar-refractivity contribution in [3.05, 3.63) is 70.4 Å². The summed E-state index contributed by atoms with van der Waals surface area (Å²) in [5, 5.41) is 18.7. The molecule has 36 heavy (non-hydrogen) atoms. The zero-order valence-corrected chi connectivity index (χ0v) is 19.5. The Morgan fingerprint density at radius 1 is 1.08 bits per heavy atom. The molecule has 2 aliphatic rings. The number of benzene rings is 2. The van der Waals surface area contributed by atoms with Gasteiger partial charge in [-0.3, -0.25) is 14.6 Å². The third-order valence-electron chi connectivity index (χ3n) is 6.00. The fourth-order valence-corrected chi connectivity index (χ4v) is 5.46. The molecule has 0 aromatic heterocycles. The summed E-state index contributed by atoms with van der Waals surface area (Å²) in [4.78, 5) is 28.4. The second-order valence-corrected chi connectivity index (χ2v) is 10.3. The lowest BCUT2D eigenvalue weighted by Gasteiger charge is -2.41. The molecule has 0 saturated carbocycles. The van der Waals surface area contributed by atoms with Gasteiger partial charge in [-0.15, -0.1) is 0 Å². The van der Waals surface area contributed by atoms with Gasteiger partial charge >= 0.3 is 12.2 Å². The van der Waals surface area contributed by atoms with Crippen LogP contribution in [0.25, 0.3) is 0 Å². The lowest BCUT2D eigenvalue weighted by atomic mass is 9.92. The molecule has 1 aliphatic carbocycles. The molecule has 2 aromatic rings. The lowest BCUT2D eigenvalue weighted by molar-refractivity contribution is -0.137. The number of carbonyl (C=O) groups is 2. The van der Waals surface area contributed by atoms with Gasteiger partial charge in [0.25, 0.3) is 0 Å². The molecule has 1 atom stereocenters. The number of alkyl halides is 3. The predicted molar refractivity (Wildman–Crippen MR) is 120 cm³/mol.